The molecule has 0 N–H and O–H groups in total. The largest absolute Gasteiger partial charge is 0.560 e. The van der Waals surface area contributed by atoms with Gasteiger partial charge in [-0.2, -0.15) is 11.3 Å². The Labute approximate surface area is 106 Å². The van der Waals surface area contributed by atoms with E-state index in [9.17, 15) is 0 Å². The first-order chi connectivity index (χ1) is 8.35. The number of nitrogens with zero attached hydrogens (tertiary/aromatic N) is 1. The van der Waals surface area contributed by atoms with E-state index in [1.807, 2.05) is 6.07 Å². The Balaban J connectivity index is 2.19. The van der Waals surface area contributed by atoms with Crippen LogP contribution in [0.25, 0.3) is 11.1 Å². The molecule has 2 aromatic rings. The van der Waals surface area contributed by atoms with Crippen molar-refractivity contribution in [3.63, 3.8) is 0 Å². The number of thiophene rings is 1. The van der Waals surface area contributed by atoms with Crippen molar-refractivity contribution in [3.05, 3.63) is 34.9 Å². The molecule has 0 radical (unpaired) electrons. The predicted molar refractivity (Wildman–Crippen MR) is 73.2 cm³/mol. The van der Waals surface area contributed by atoms with Crippen LogP contribution in [0.3, 0.4) is 0 Å². The normalized spacial score (nSPS) is 13.0. The van der Waals surface area contributed by atoms with E-state index in [0.29, 0.717) is 0 Å². The smallest absolute Gasteiger partial charge is 0.323 e. The van der Waals surface area contributed by atoms with Crippen molar-refractivity contribution in [2.24, 2.45) is 4.99 Å². The summed E-state index contributed by atoms with van der Waals surface area (Å²) in [6.45, 7) is 2.07. The van der Waals surface area contributed by atoms with Gasteiger partial charge in [0.25, 0.3) is 0 Å². The molecule has 17 heavy (non-hydrogen) atoms. The molecule has 0 saturated heterocycles. The van der Waals surface area contributed by atoms with Crippen LogP contribution in [0.1, 0.15) is 25.1 Å². The van der Waals surface area contributed by atoms with Crippen molar-refractivity contribution in [1.82, 2.24) is 0 Å². The first-order valence-corrected chi connectivity index (χ1v) is 6.45. The highest BCUT2D eigenvalue weighted by molar-refractivity contribution is 7.08. The molecule has 0 aliphatic carbocycles. The van der Waals surface area contributed by atoms with Gasteiger partial charge in [-0.1, -0.05) is 6.92 Å². The summed E-state index contributed by atoms with van der Waals surface area (Å²) in [6.07, 6.45) is 4.12. The average Bonchev–Trinajstić information content (AvgIpc) is 3.00. The highest BCUT2D eigenvalue weighted by atomic mass is 32.1. The third-order valence-corrected chi connectivity index (χ3v) is 3.22. The van der Waals surface area contributed by atoms with E-state index in [1.165, 1.54) is 12.0 Å². The van der Waals surface area contributed by atoms with E-state index >= 15 is 0 Å². The first kappa shape index (κ1) is 12.0. The van der Waals surface area contributed by atoms with Gasteiger partial charge >= 0.3 is 8.05 Å². The lowest BCUT2D eigenvalue weighted by molar-refractivity contribution is 0.458. The van der Waals surface area contributed by atoms with Gasteiger partial charge in [-0.15, -0.1) is 0 Å². The molecule has 0 fully saturated rings. The third kappa shape index (κ3) is 2.80. The minimum Gasteiger partial charge on any atom is -0.560 e. The highest BCUT2D eigenvalue weighted by Crippen LogP contribution is 2.29. The zero-order chi connectivity index (χ0) is 12.1. The van der Waals surface area contributed by atoms with Gasteiger partial charge in [0, 0.05) is 5.56 Å². The number of rotatable bonds is 5. The molecule has 0 aromatic carbocycles. The Bertz CT molecular complexity index is 478. The van der Waals surface area contributed by atoms with Crippen molar-refractivity contribution >= 4 is 25.8 Å². The number of hydrogen-bond acceptors (Lipinski definition) is 4. The molecule has 2 heterocycles. The van der Waals surface area contributed by atoms with Crippen LogP contribution >= 0.6 is 11.3 Å². The lowest BCUT2D eigenvalue weighted by Crippen LogP contribution is -1.93. The standard InChI is InChI=1S/C12H14BNO2S/c1-2-11(14-8-16-13)12-5-10(6-15-12)9-3-4-17-7-9/h3-8,11H,2,13H2,1H3. The van der Waals surface area contributed by atoms with Gasteiger partial charge < -0.3 is 9.07 Å². The first-order valence-electron chi connectivity index (χ1n) is 5.50. The van der Waals surface area contributed by atoms with Gasteiger partial charge in [-0.05, 0) is 34.9 Å². The Morgan fingerprint density at radius 3 is 3.12 bits per heavy atom. The second-order valence-electron chi connectivity index (χ2n) is 3.66. The summed E-state index contributed by atoms with van der Waals surface area (Å²) in [5, 5.41) is 4.16. The predicted octanol–water partition coefficient (Wildman–Crippen LogP) is 3.05. The monoisotopic (exact) mass is 247 g/mol. The Hall–Kier alpha value is -1.49. The van der Waals surface area contributed by atoms with Crippen molar-refractivity contribution in [2.45, 2.75) is 19.4 Å². The fraction of sp³-hybridized carbons (Fsp3) is 0.250. The van der Waals surface area contributed by atoms with E-state index < -0.39 is 0 Å². The van der Waals surface area contributed by atoms with Gasteiger partial charge in [-0.25, -0.2) is 4.99 Å². The molecule has 0 spiro atoms. The fourth-order valence-electron chi connectivity index (χ4n) is 1.62. The number of aliphatic imine (C=N–C) groups is 1. The molecule has 88 valence electrons. The van der Waals surface area contributed by atoms with Crippen LogP contribution in [0.5, 0.6) is 0 Å². The van der Waals surface area contributed by atoms with Crippen LogP contribution < -0.4 is 0 Å². The minimum atomic E-state index is 0.0299. The summed E-state index contributed by atoms with van der Waals surface area (Å²) in [4.78, 5) is 4.29. The molecular weight excluding hydrogens is 233 g/mol. The topological polar surface area (TPSA) is 34.7 Å². The van der Waals surface area contributed by atoms with Gasteiger partial charge in [0.05, 0.1) is 6.26 Å². The van der Waals surface area contributed by atoms with E-state index in [1.54, 1.807) is 25.6 Å². The number of hydrogen-bond donors (Lipinski definition) is 0. The number of furan rings is 1. The summed E-state index contributed by atoms with van der Waals surface area (Å²) >= 11 is 1.68. The Morgan fingerprint density at radius 2 is 2.47 bits per heavy atom. The minimum absolute atomic E-state index is 0.0299. The molecule has 3 nitrogen and oxygen atoms in total. The Kier molecular flexibility index (Phi) is 4.04. The van der Waals surface area contributed by atoms with E-state index in [-0.39, 0.29) is 6.04 Å². The lowest BCUT2D eigenvalue weighted by Gasteiger charge is -2.04. The van der Waals surface area contributed by atoms with E-state index in [2.05, 4.69) is 28.7 Å². The van der Waals surface area contributed by atoms with Crippen molar-refractivity contribution in [1.29, 1.82) is 0 Å². The van der Waals surface area contributed by atoms with Crippen LogP contribution in [0.4, 0.5) is 0 Å². The van der Waals surface area contributed by atoms with Crippen LogP contribution in [-0.2, 0) is 4.65 Å². The molecule has 2 rings (SSSR count). The average molecular weight is 247 g/mol. The van der Waals surface area contributed by atoms with Crippen molar-refractivity contribution in [2.75, 3.05) is 0 Å². The summed E-state index contributed by atoms with van der Waals surface area (Å²) in [6, 6.07) is 4.16. The van der Waals surface area contributed by atoms with Gasteiger partial charge in [0.15, 0.2) is 6.40 Å². The molecule has 1 atom stereocenters. The zero-order valence-electron chi connectivity index (χ0n) is 9.92. The second kappa shape index (κ2) is 5.73. The summed E-state index contributed by atoms with van der Waals surface area (Å²) < 4.78 is 10.4. The molecule has 1 unspecified atom stereocenters. The SMILES string of the molecule is BOC=NC(CC)c1cc(-c2ccsc2)co1. The summed E-state index contributed by atoms with van der Waals surface area (Å²) in [5.74, 6) is 0.877. The van der Waals surface area contributed by atoms with Gasteiger partial charge in [-0.3, -0.25) is 0 Å². The fourth-order valence-corrected chi connectivity index (χ4v) is 2.29. The second-order valence-corrected chi connectivity index (χ2v) is 4.44. The maximum atomic E-state index is 5.57. The quantitative estimate of drug-likeness (QED) is 0.462. The molecular formula is C12H14BNO2S. The third-order valence-electron chi connectivity index (χ3n) is 2.54. The molecule has 0 saturated carbocycles. The molecule has 2 aromatic heterocycles. The maximum absolute atomic E-state index is 5.57. The lowest BCUT2D eigenvalue weighted by atomic mass is 10.1. The van der Waals surface area contributed by atoms with Crippen LogP contribution in [0.2, 0.25) is 0 Å². The maximum Gasteiger partial charge on any atom is 0.323 e. The van der Waals surface area contributed by atoms with E-state index in [4.69, 9.17) is 9.07 Å². The molecule has 0 bridgehead atoms. The molecule has 0 aliphatic rings. The highest BCUT2D eigenvalue weighted by Gasteiger charge is 2.13. The molecule has 0 amide bonds. The summed E-state index contributed by atoms with van der Waals surface area (Å²) in [7, 11) is 1.59. The molecule has 5 heteroatoms. The van der Waals surface area contributed by atoms with Crippen LogP contribution in [0.15, 0.2) is 38.6 Å². The van der Waals surface area contributed by atoms with Crippen molar-refractivity contribution < 1.29 is 9.07 Å². The molecule has 0 aliphatic heterocycles. The van der Waals surface area contributed by atoms with Crippen LogP contribution in [-0.4, -0.2) is 14.4 Å². The summed E-state index contributed by atoms with van der Waals surface area (Å²) in [5.41, 5.74) is 2.29. The van der Waals surface area contributed by atoms with E-state index in [0.717, 1.165) is 17.7 Å². The van der Waals surface area contributed by atoms with Crippen LogP contribution in [0, 0.1) is 0 Å². The van der Waals surface area contributed by atoms with Gasteiger partial charge in [0.1, 0.15) is 11.8 Å². The van der Waals surface area contributed by atoms with Gasteiger partial charge in [0.2, 0.25) is 0 Å². The van der Waals surface area contributed by atoms with Crippen molar-refractivity contribution in [3.8, 4) is 11.1 Å². The Morgan fingerprint density at radius 1 is 1.59 bits per heavy atom. The zero-order valence-corrected chi connectivity index (χ0v) is 10.7.